The van der Waals surface area contributed by atoms with Crippen molar-refractivity contribution >= 4 is 22.9 Å². The molecular formula is C26H24N2O2. The summed E-state index contributed by atoms with van der Waals surface area (Å²) in [4.78, 5) is 18.9. The van der Waals surface area contributed by atoms with E-state index >= 15 is 0 Å². The molecule has 1 aliphatic rings. The predicted octanol–water partition coefficient (Wildman–Crippen LogP) is 6.61. The molecule has 4 aromatic rings. The van der Waals surface area contributed by atoms with E-state index in [0.717, 1.165) is 57.3 Å². The highest BCUT2D eigenvalue weighted by Gasteiger charge is 2.29. The van der Waals surface area contributed by atoms with Crippen LogP contribution in [0.25, 0.3) is 39.4 Å². The van der Waals surface area contributed by atoms with Gasteiger partial charge in [-0.1, -0.05) is 56.3 Å². The number of benzene rings is 2. The van der Waals surface area contributed by atoms with E-state index in [1.165, 1.54) is 5.56 Å². The highest BCUT2D eigenvalue weighted by molar-refractivity contribution is 6.03. The van der Waals surface area contributed by atoms with Crippen molar-refractivity contribution in [3.8, 4) is 22.4 Å². The van der Waals surface area contributed by atoms with E-state index in [4.69, 9.17) is 0 Å². The molecule has 0 spiro atoms. The molecule has 0 aliphatic heterocycles. The lowest BCUT2D eigenvalue weighted by Gasteiger charge is -2.16. The number of rotatable bonds is 5. The summed E-state index contributed by atoms with van der Waals surface area (Å²) in [6, 6.07) is 14.4. The Bertz CT molecular complexity index is 1310. The van der Waals surface area contributed by atoms with Gasteiger partial charge in [0, 0.05) is 28.2 Å². The molecule has 1 aliphatic carbocycles. The number of carbonyl (C=O) groups is 1. The molecule has 0 amide bonds. The van der Waals surface area contributed by atoms with E-state index in [1.54, 1.807) is 0 Å². The molecule has 5 rings (SSSR count). The first kappa shape index (κ1) is 18.5. The average molecular weight is 396 g/mol. The maximum Gasteiger partial charge on any atom is 0.352 e. The minimum atomic E-state index is -0.929. The highest BCUT2D eigenvalue weighted by Crippen LogP contribution is 2.45. The number of hydrogen-bond acceptors (Lipinski definition) is 1. The summed E-state index contributed by atoms with van der Waals surface area (Å²) in [5, 5.41) is 11.2. The maximum atomic E-state index is 12.4. The Labute approximate surface area is 175 Å². The topological polar surface area (TPSA) is 68.9 Å². The average Bonchev–Trinajstić information content (AvgIpc) is 3.49. The number of carboxylic acids is 1. The monoisotopic (exact) mass is 396 g/mol. The molecule has 0 saturated heterocycles. The lowest BCUT2D eigenvalue weighted by Crippen LogP contribution is -2.02. The zero-order chi connectivity index (χ0) is 20.8. The van der Waals surface area contributed by atoms with E-state index in [1.807, 2.05) is 24.4 Å². The molecule has 2 heterocycles. The first-order valence-electron chi connectivity index (χ1n) is 10.4. The Morgan fingerprint density at radius 3 is 2.73 bits per heavy atom. The molecule has 0 bridgehead atoms. The highest BCUT2D eigenvalue weighted by atomic mass is 16.4. The van der Waals surface area contributed by atoms with Crippen LogP contribution in [0, 0.1) is 0 Å². The number of H-pyrrole nitrogens is 2. The van der Waals surface area contributed by atoms with E-state index in [9.17, 15) is 9.90 Å². The second-order valence-electron chi connectivity index (χ2n) is 8.01. The summed E-state index contributed by atoms with van der Waals surface area (Å²) >= 11 is 0. The Hall–Kier alpha value is -3.53. The zero-order valence-electron chi connectivity index (χ0n) is 17.1. The summed E-state index contributed by atoms with van der Waals surface area (Å²) in [5.41, 5.74) is 8.52. The SMILES string of the molecule is CCC(C)c1c(-c2cccc3[nH]ccc23)[nH]c(C(=O)O)c1-c1cccc2c1C=CC2. The molecule has 3 N–H and O–H groups in total. The van der Waals surface area contributed by atoms with Crippen molar-refractivity contribution in [2.45, 2.75) is 32.6 Å². The minimum absolute atomic E-state index is 0.204. The van der Waals surface area contributed by atoms with Crippen LogP contribution in [0.5, 0.6) is 0 Å². The minimum Gasteiger partial charge on any atom is -0.477 e. The third-order valence-corrected chi connectivity index (χ3v) is 6.31. The van der Waals surface area contributed by atoms with Crippen molar-refractivity contribution in [3.63, 3.8) is 0 Å². The molecular weight excluding hydrogens is 372 g/mol. The van der Waals surface area contributed by atoms with E-state index in [-0.39, 0.29) is 11.6 Å². The third-order valence-electron chi connectivity index (χ3n) is 6.31. The van der Waals surface area contributed by atoms with E-state index in [0.29, 0.717) is 0 Å². The van der Waals surface area contributed by atoms with Crippen LogP contribution in [0.4, 0.5) is 0 Å². The fourth-order valence-corrected chi connectivity index (χ4v) is 4.68. The normalized spacial score (nSPS) is 13.7. The largest absolute Gasteiger partial charge is 0.477 e. The smallest absolute Gasteiger partial charge is 0.352 e. The summed E-state index contributed by atoms with van der Waals surface area (Å²) in [7, 11) is 0. The first-order valence-corrected chi connectivity index (χ1v) is 10.4. The van der Waals surface area contributed by atoms with Gasteiger partial charge in [0.2, 0.25) is 0 Å². The Balaban J connectivity index is 1.88. The van der Waals surface area contributed by atoms with Crippen molar-refractivity contribution in [2.24, 2.45) is 0 Å². The number of aromatic carboxylic acids is 1. The van der Waals surface area contributed by atoms with E-state index in [2.05, 4.69) is 60.2 Å². The molecule has 0 radical (unpaired) electrons. The van der Waals surface area contributed by atoms with Gasteiger partial charge in [0.15, 0.2) is 0 Å². The second kappa shape index (κ2) is 7.06. The summed E-state index contributed by atoms with van der Waals surface area (Å²) in [6.07, 6.45) is 8.00. The van der Waals surface area contributed by atoms with Gasteiger partial charge in [-0.2, -0.15) is 0 Å². The number of aromatic amines is 2. The van der Waals surface area contributed by atoms with Crippen LogP contribution in [-0.4, -0.2) is 21.0 Å². The van der Waals surface area contributed by atoms with Crippen molar-refractivity contribution < 1.29 is 9.90 Å². The molecule has 0 fully saturated rings. The standard InChI is InChI=1S/C26H24N2O2/c1-3-15(2)22-23(19-10-5-8-16-7-4-9-17(16)19)25(26(29)30)28-24(22)20-11-6-12-21-18(20)13-14-27-21/h4-6,8-15,27-28H,3,7H2,1-2H3,(H,29,30). The fourth-order valence-electron chi connectivity index (χ4n) is 4.68. The van der Waals surface area contributed by atoms with Gasteiger partial charge in [-0.05, 0) is 53.1 Å². The lowest BCUT2D eigenvalue weighted by atomic mass is 9.86. The van der Waals surface area contributed by atoms with Crippen LogP contribution >= 0.6 is 0 Å². The van der Waals surface area contributed by atoms with Gasteiger partial charge < -0.3 is 15.1 Å². The molecule has 2 aromatic heterocycles. The Morgan fingerprint density at radius 1 is 1.13 bits per heavy atom. The van der Waals surface area contributed by atoms with Crippen LogP contribution < -0.4 is 0 Å². The van der Waals surface area contributed by atoms with Crippen LogP contribution in [0.2, 0.25) is 0 Å². The molecule has 0 saturated carbocycles. The Kier molecular flexibility index (Phi) is 4.35. The van der Waals surface area contributed by atoms with Crippen LogP contribution in [0.3, 0.4) is 0 Å². The van der Waals surface area contributed by atoms with Crippen molar-refractivity contribution in [1.29, 1.82) is 0 Å². The van der Waals surface area contributed by atoms with Gasteiger partial charge in [-0.25, -0.2) is 4.79 Å². The molecule has 150 valence electrons. The molecule has 4 heteroatoms. The molecule has 30 heavy (non-hydrogen) atoms. The van der Waals surface area contributed by atoms with Gasteiger partial charge in [0.25, 0.3) is 0 Å². The fraction of sp³-hybridized carbons (Fsp3) is 0.192. The maximum absolute atomic E-state index is 12.4. The third kappa shape index (κ3) is 2.71. The number of nitrogens with one attached hydrogen (secondary N) is 2. The van der Waals surface area contributed by atoms with Gasteiger partial charge in [0.1, 0.15) is 5.69 Å². The summed E-state index contributed by atoms with van der Waals surface area (Å²) < 4.78 is 0. The lowest BCUT2D eigenvalue weighted by molar-refractivity contribution is 0.0692. The molecule has 4 nitrogen and oxygen atoms in total. The number of allylic oxidation sites excluding steroid dienone is 1. The number of fused-ring (bicyclic) bond motifs is 2. The molecule has 2 aromatic carbocycles. The van der Waals surface area contributed by atoms with Crippen LogP contribution in [-0.2, 0) is 6.42 Å². The quantitative estimate of drug-likeness (QED) is 0.355. The van der Waals surface area contributed by atoms with Crippen LogP contribution in [0.15, 0.2) is 54.7 Å². The number of hydrogen-bond donors (Lipinski definition) is 3. The summed E-state index contributed by atoms with van der Waals surface area (Å²) in [5.74, 6) is -0.726. The van der Waals surface area contributed by atoms with Gasteiger partial charge >= 0.3 is 5.97 Å². The first-order chi connectivity index (χ1) is 14.6. The van der Waals surface area contributed by atoms with Gasteiger partial charge in [0.05, 0.1) is 5.69 Å². The summed E-state index contributed by atoms with van der Waals surface area (Å²) in [6.45, 7) is 4.33. The molecule has 1 unspecified atom stereocenters. The molecule has 1 atom stereocenters. The van der Waals surface area contributed by atoms with Gasteiger partial charge in [-0.3, -0.25) is 0 Å². The Morgan fingerprint density at radius 2 is 1.93 bits per heavy atom. The van der Waals surface area contributed by atoms with Crippen molar-refractivity contribution in [3.05, 3.63) is 77.1 Å². The zero-order valence-corrected chi connectivity index (χ0v) is 17.1. The van der Waals surface area contributed by atoms with Crippen molar-refractivity contribution in [2.75, 3.05) is 0 Å². The van der Waals surface area contributed by atoms with Gasteiger partial charge in [-0.15, -0.1) is 0 Å². The van der Waals surface area contributed by atoms with Crippen LogP contribution in [0.1, 0.15) is 53.4 Å². The predicted molar refractivity (Wildman–Crippen MR) is 122 cm³/mol. The number of aromatic nitrogens is 2. The van der Waals surface area contributed by atoms with Crippen molar-refractivity contribution in [1.82, 2.24) is 9.97 Å². The van der Waals surface area contributed by atoms with E-state index < -0.39 is 5.97 Å². The number of carboxylic acid groups (broad SMARTS) is 1. The second-order valence-corrected chi connectivity index (χ2v) is 8.01.